The maximum Gasteiger partial charge on any atom is 0.134 e. The van der Waals surface area contributed by atoms with E-state index >= 15 is 0 Å². The largest absolute Gasteiger partial charge is 0.356 e. The lowest BCUT2D eigenvalue weighted by molar-refractivity contribution is 0.611. The summed E-state index contributed by atoms with van der Waals surface area (Å²) in [5, 5.41) is 0. The summed E-state index contributed by atoms with van der Waals surface area (Å²) in [6.07, 6.45) is 0. The first kappa shape index (κ1) is 14.4. The lowest BCUT2D eigenvalue weighted by atomic mass is 10.2. The van der Waals surface area contributed by atoms with Crippen LogP contribution >= 0.6 is 15.9 Å². The smallest absolute Gasteiger partial charge is 0.134 e. The standard InChI is InChI=1S/C13H22BrN3/c1-6-17(8-9(2)3)12-7-11(14)15-13(16-12)10(4)5/h7,9-10H,6,8H2,1-5H3. The highest BCUT2D eigenvalue weighted by Crippen LogP contribution is 2.21. The molecule has 0 radical (unpaired) electrons. The average molecular weight is 300 g/mol. The number of nitrogens with zero attached hydrogens (tertiary/aromatic N) is 3. The molecular weight excluding hydrogens is 278 g/mol. The zero-order valence-electron chi connectivity index (χ0n) is 11.4. The Morgan fingerprint density at radius 2 is 1.88 bits per heavy atom. The SMILES string of the molecule is CCN(CC(C)C)c1cc(Br)nc(C(C)C)n1. The zero-order valence-corrected chi connectivity index (χ0v) is 13.0. The molecule has 0 saturated carbocycles. The van der Waals surface area contributed by atoms with Crippen LogP contribution in [0.15, 0.2) is 10.7 Å². The van der Waals surface area contributed by atoms with Crippen LogP contribution in [0.25, 0.3) is 0 Å². The normalized spacial score (nSPS) is 11.3. The predicted molar refractivity (Wildman–Crippen MR) is 76.5 cm³/mol. The van der Waals surface area contributed by atoms with Gasteiger partial charge in [0.25, 0.3) is 0 Å². The van der Waals surface area contributed by atoms with E-state index in [0.29, 0.717) is 11.8 Å². The number of anilines is 1. The third-order valence-corrected chi connectivity index (χ3v) is 2.91. The lowest BCUT2D eigenvalue weighted by Crippen LogP contribution is -2.28. The van der Waals surface area contributed by atoms with Crippen LogP contribution in [0.5, 0.6) is 0 Å². The number of halogens is 1. The Labute approximate surface area is 113 Å². The fourth-order valence-electron chi connectivity index (χ4n) is 1.67. The van der Waals surface area contributed by atoms with E-state index in [1.807, 2.05) is 6.07 Å². The summed E-state index contributed by atoms with van der Waals surface area (Å²) in [7, 11) is 0. The number of hydrogen-bond donors (Lipinski definition) is 0. The molecule has 96 valence electrons. The predicted octanol–water partition coefficient (Wildman–Crippen LogP) is 3.84. The van der Waals surface area contributed by atoms with Crippen molar-refractivity contribution in [2.24, 2.45) is 5.92 Å². The van der Waals surface area contributed by atoms with E-state index in [9.17, 15) is 0 Å². The molecule has 1 rings (SSSR count). The van der Waals surface area contributed by atoms with Crippen LogP contribution in [-0.2, 0) is 0 Å². The Kier molecular flexibility index (Phi) is 5.37. The summed E-state index contributed by atoms with van der Waals surface area (Å²) in [5.41, 5.74) is 0. The summed E-state index contributed by atoms with van der Waals surface area (Å²) >= 11 is 3.47. The lowest BCUT2D eigenvalue weighted by Gasteiger charge is -2.24. The van der Waals surface area contributed by atoms with Crippen molar-refractivity contribution in [2.45, 2.75) is 40.5 Å². The molecule has 0 amide bonds. The maximum atomic E-state index is 4.64. The van der Waals surface area contributed by atoms with Crippen molar-refractivity contribution in [1.29, 1.82) is 0 Å². The molecule has 0 saturated heterocycles. The van der Waals surface area contributed by atoms with Gasteiger partial charge >= 0.3 is 0 Å². The van der Waals surface area contributed by atoms with Gasteiger partial charge in [0.1, 0.15) is 16.2 Å². The van der Waals surface area contributed by atoms with Crippen LogP contribution in [0.4, 0.5) is 5.82 Å². The van der Waals surface area contributed by atoms with Crippen molar-refractivity contribution in [2.75, 3.05) is 18.0 Å². The molecule has 3 nitrogen and oxygen atoms in total. The van der Waals surface area contributed by atoms with Gasteiger partial charge in [0.2, 0.25) is 0 Å². The number of aromatic nitrogens is 2. The van der Waals surface area contributed by atoms with Gasteiger partial charge in [-0.05, 0) is 28.8 Å². The van der Waals surface area contributed by atoms with Gasteiger partial charge in [-0.15, -0.1) is 0 Å². The van der Waals surface area contributed by atoms with E-state index in [1.54, 1.807) is 0 Å². The first-order chi connectivity index (χ1) is 7.93. The van der Waals surface area contributed by atoms with E-state index in [-0.39, 0.29) is 0 Å². The zero-order chi connectivity index (χ0) is 13.0. The van der Waals surface area contributed by atoms with Gasteiger partial charge in [-0.3, -0.25) is 0 Å². The molecule has 1 aromatic rings. The third-order valence-electron chi connectivity index (χ3n) is 2.51. The Balaban J connectivity index is 3.02. The summed E-state index contributed by atoms with van der Waals surface area (Å²) in [6.45, 7) is 12.8. The molecule has 0 atom stereocenters. The molecule has 1 aromatic heterocycles. The second kappa shape index (κ2) is 6.34. The fraction of sp³-hybridized carbons (Fsp3) is 0.692. The Hall–Kier alpha value is -0.640. The first-order valence-electron chi connectivity index (χ1n) is 6.23. The molecule has 0 bridgehead atoms. The van der Waals surface area contributed by atoms with Crippen molar-refractivity contribution in [3.63, 3.8) is 0 Å². The molecule has 1 heterocycles. The average Bonchev–Trinajstić information content (AvgIpc) is 2.24. The molecule has 4 heteroatoms. The van der Waals surface area contributed by atoms with Gasteiger partial charge in [-0.25, -0.2) is 9.97 Å². The van der Waals surface area contributed by atoms with Gasteiger partial charge in [0.05, 0.1) is 0 Å². The van der Waals surface area contributed by atoms with Crippen LogP contribution < -0.4 is 4.90 Å². The highest BCUT2D eigenvalue weighted by atomic mass is 79.9. The minimum atomic E-state index is 0.351. The molecule has 0 unspecified atom stereocenters. The molecule has 0 N–H and O–H groups in total. The Morgan fingerprint density at radius 3 is 2.35 bits per heavy atom. The Morgan fingerprint density at radius 1 is 1.24 bits per heavy atom. The molecule has 0 aromatic carbocycles. The van der Waals surface area contributed by atoms with Crippen LogP contribution in [-0.4, -0.2) is 23.1 Å². The Bertz CT molecular complexity index is 364. The van der Waals surface area contributed by atoms with Crippen LogP contribution in [0.2, 0.25) is 0 Å². The summed E-state index contributed by atoms with van der Waals surface area (Å²) in [6, 6.07) is 2.00. The van der Waals surface area contributed by atoms with Crippen molar-refractivity contribution in [3.8, 4) is 0 Å². The van der Waals surface area contributed by atoms with Gasteiger partial charge in [0.15, 0.2) is 0 Å². The van der Waals surface area contributed by atoms with Crippen molar-refractivity contribution in [1.82, 2.24) is 9.97 Å². The molecular formula is C13H22BrN3. The molecule has 0 aliphatic heterocycles. The van der Waals surface area contributed by atoms with E-state index in [0.717, 1.165) is 29.3 Å². The highest BCUT2D eigenvalue weighted by molar-refractivity contribution is 9.10. The first-order valence-corrected chi connectivity index (χ1v) is 7.02. The minimum absolute atomic E-state index is 0.351. The summed E-state index contributed by atoms with van der Waals surface area (Å²) < 4.78 is 0.869. The molecule has 0 spiro atoms. The van der Waals surface area contributed by atoms with Crippen molar-refractivity contribution >= 4 is 21.7 Å². The summed E-state index contributed by atoms with van der Waals surface area (Å²) in [5.74, 6) is 2.90. The molecule has 0 aliphatic carbocycles. The second-order valence-electron chi connectivity index (χ2n) is 4.99. The molecule has 0 fully saturated rings. The third kappa shape index (κ3) is 4.26. The van der Waals surface area contributed by atoms with Crippen molar-refractivity contribution in [3.05, 3.63) is 16.5 Å². The van der Waals surface area contributed by atoms with Crippen LogP contribution in [0, 0.1) is 5.92 Å². The van der Waals surface area contributed by atoms with Crippen LogP contribution in [0.1, 0.15) is 46.4 Å². The molecule has 0 aliphatic rings. The van der Waals surface area contributed by atoms with Crippen molar-refractivity contribution < 1.29 is 0 Å². The van der Waals surface area contributed by atoms with Gasteiger partial charge < -0.3 is 4.90 Å². The van der Waals surface area contributed by atoms with E-state index in [2.05, 4.69) is 65.4 Å². The minimum Gasteiger partial charge on any atom is -0.356 e. The number of hydrogen-bond acceptors (Lipinski definition) is 3. The number of rotatable bonds is 5. The quantitative estimate of drug-likeness (QED) is 0.774. The second-order valence-corrected chi connectivity index (χ2v) is 5.81. The van der Waals surface area contributed by atoms with E-state index < -0.39 is 0 Å². The van der Waals surface area contributed by atoms with E-state index in [1.165, 1.54) is 0 Å². The van der Waals surface area contributed by atoms with Gasteiger partial charge in [-0.2, -0.15) is 0 Å². The summed E-state index contributed by atoms with van der Waals surface area (Å²) in [4.78, 5) is 11.3. The fourth-order valence-corrected chi connectivity index (χ4v) is 2.05. The molecule has 17 heavy (non-hydrogen) atoms. The monoisotopic (exact) mass is 299 g/mol. The van der Waals surface area contributed by atoms with Gasteiger partial charge in [-0.1, -0.05) is 27.7 Å². The topological polar surface area (TPSA) is 29.0 Å². The van der Waals surface area contributed by atoms with E-state index in [4.69, 9.17) is 0 Å². The van der Waals surface area contributed by atoms with Gasteiger partial charge in [0, 0.05) is 25.1 Å². The highest BCUT2D eigenvalue weighted by Gasteiger charge is 2.12. The maximum absolute atomic E-state index is 4.64. The van der Waals surface area contributed by atoms with Crippen LogP contribution in [0.3, 0.4) is 0 Å².